The van der Waals surface area contributed by atoms with E-state index in [1.807, 2.05) is 12.1 Å². The molecule has 0 radical (unpaired) electrons. The Morgan fingerprint density at radius 3 is 2.03 bits per heavy atom. The monoisotopic (exact) mass is 407 g/mol. The molecule has 5 aliphatic rings. The predicted molar refractivity (Wildman–Crippen MR) is 122 cm³/mol. The second-order valence-electron chi connectivity index (χ2n) is 10.3. The van der Waals surface area contributed by atoms with Crippen LogP contribution >= 0.6 is 0 Å². The lowest BCUT2D eigenvalue weighted by Crippen LogP contribution is -2.55. The van der Waals surface area contributed by atoms with Crippen LogP contribution in [0.1, 0.15) is 43.2 Å². The van der Waals surface area contributed by atoms with Crippen molar-refractivity contribution in [3.05, 3.63) is 88.0 Å². The van der Waals surface area contributed by atoms with E-state index in [2.05, 4.69) is 42.5 Å². The molecule has 0 unspecified atom stereocenters. The van der Waals surface area contributed by atoms with Gasteiger partial charge in [-0.25, -0.2) is 0 Å². The van der Waals surface area contributed by atoms with Gasteiger partial charge < -0.3 is 0 Å². The molecule has 0 N–H and O–H groups in total. The van der Waals surface area contributed by atoms with Crippen LogP contribution < -0.4 is 0 Å². The van der Waals surface area contributed by atoms with Crippen LogP contribution in [0.5, 0.6) is 0 Å². The largest absolute Gasteiger partial charge is 0.277 e. The minimum Gasteiger partial charge on any atom is -0.258 e. The molecule has 8 rings (SSSR count). The number of hydrogen-bond acceptors (Lipinski definition) is 2. The molecule has 4 saturated carbocycles. The Morgan fingerprint density at radius 1 is 0.710 bits per heavy atom. The van der Waals surface area contributed by atoms with Crippen molar-refractivity contribution in [1.29, 1.82) is 0 Å². The van der Waals surface area contributed by atoms with Crippen molar-refractivity contribution in [3.8, 4) is 22.3 Å². The molecule has 31 heavy (non-hydrogen) atoms. The smallest absolute Gasteiger partial charge is 0.258 e. The van der Waals surface area contributed by atoms with Crippen LogP contribution in [-0.2, 0) is 5.41 Å². The number of fused-ring (bicyclic) bond motifs is 3. The van der Waals surface area contributed by atoms with Crippen LogP contribution in [0, 0.1) is 33.8 Å². The first-order chi connectivity index (χ1) is 15.2. The molecule has 5 aliphatic carbocycles. The third kappa shape index (κ3) is 2.19. The van der Waals surface area contributed by atoms with Crippen molar-refractivity contribution in [2.24, 2.45) is 23.7 Å². The van der Waals surface area contributed by atoms with Crippen molar-refractivity contribution < 1.29 is 4.92 Å². The molecule has 0 amide bonds. The third-order valence-corrected chi connectivity index (χ3v) is 8.97. The summed E-state index contributed by atoms with van der Waals surface area (Å²) >= 11 is 0. The summed E-state index contributed by atoms with van der Waals surface area (Å²) in [5.41, 5.74) is 7.70. The van der Waals surface area contributed by atoms with Crippen LogP contribution in [0.4, 0.5) is 5.69 Å². The second-order valence-corrected chi connectivity index (χ2v) is 10.3. The zero-order valence-corrected chi connectivity index (χ0v) is 17.5. The molecule has 0 heterocycles. The number of benzene rings is 3. The number of nitrogens with zero attached hydrogens (tertiary/aromatic N) is 1. The molecule has 3 aromatic rings. The highest BCUT2D eigenvalue weighted by molar-refractivity contribution is 5.86. The number of para-hydroxylation sites is 1. The SMILES string of the molecule is O=[N+]([O-])c1ccccc1-c1ccc2c(c1)C1(c3ccccc3-2)C2CC3CC(C2)CC1C3. The molecule has 0 saturated heterocycles. The Kier molecular flexibility index (Phi) is 3.46. The molecular formula is C28H25NO2. The Morgan fingerprint density at radius 2 is 1.32 bits per heavy atom. The summed E-state index contributed by atoms with van der Waals surface area (Å²) in [6, 6.07) is 22.9. The van der Waals surface area contributed by atoms with Gasteiger partial charge in [0.05, 0.1) is 10.5 Å². The van der Waals surface area contributed by atoms with Gasteiger partial charge in [0.25, 0.3) is 5.69 Å². The average Bonchev–Trinajstić information content (AvgIpc) is 3.07. The summed E-state index contributed by atoms with van der Waals surface area (Å²) < 4.78 is 0. The predicted octanol–water partition coefficient (Wildman–Crippen LogP) is 6.98. The van der Waals surface area contributed by atoms with Crippen molar-refractivity contribution in [2.75, 3.05) is 0 Å². The molecule has 4 fully saturated rings. The van der Waals surface area contributed by atoms with Gasteiger partial charge in [0.15, 0.2) is 0 Å². The zero-order valence-electron chi connectivity index (χ0n) is 17.5. The highest BCUT2D eigenvalue weighted by Gasteiger charge is 2.61. The Bertz CT molecular complexity index is 1220. The molecule has 0 atom stereocenters. The van der Waals surface area contributed by atoms with Gasteiger partial charge in [-0.1, -0.05) is 48.5 Å². The summed E-state index contributed by atoms with van der Waals surface area (Å²) in [4.78, 5) is 11.5. The summed E-state index contributed by atoms with van der Waals surface area (Å²) in [5, 5.41) is 11.7. The normalized spacial score (nSPS) is 31.6. The standard InChI is InChI=1S/C28H25NO2/c30-29(31)27-8-4-2-5-22(27)19-9-10-24-23-6-1-3-7-25(23)28(26(24)16-19)20-12-17-11-18(14-20)15-21(28)13-17/h1-10,16-18,20-21H,11-15H2. The minimum atomic E-state index is -0.254. The van der Waals surface area contributed by atoms with Gasteiger partial charge in [0, 0.05) is 11.5 Å². The van der Waals surface area contributed by atoms with E-state index < -0.39 is 0 Å². The maximum absolute atomic E-state index is 11.7. The van der Waals surface area contributed by atoms with Crippen LogP contribution in [-0.4, -0.2) is 4.92 Å². The first-order valence-electron chi connectivity index (χ1n) is 11.6. The fraction of sp³-hybridized carbons (Fsp3) is 0.357. The van der Waals surface area contributed by atoms with Gasteiger partial charge in [-0.05, 0) is 95.7 Å². The zero-order chi connectivity index (χ0) is 20.7. The lowest BCUT2D eigenvalue weighted by atomic mass is 9.43. The van der Waals surface area contributed by atoms with E-state index in [-0.39, 0.29) is 16.0 Å². The van der Waals surface area contributed by atoms with Crippen molar-refractivity contribution in [3.63, 3.8) is 0 Å². The topological polar surface area (TPSA) is 43.1 Å². The molecule has 3 aromatic carbocycles. The molecule has 0 aromatic heterocycles. The van der Waals surface area contributed by atoms with Gasteiger partial charge in [0.1, 0.15) is 0 Å². The first-order valence-corrected chi connectivity index (χ1v) is 11.6. The van der Waals surface area contributed by atoms with Gasteiger partial charge in [-0.3, -0.25) is 10.1 Å². The van der Waals surface area contributed by atoms with Crippen LogP contribution in [0.15, 0.2) is 66.7 Å². The number of nitro groups is 1. The summed E-state index contributed by atoms with van der Waals surface area (Å²) in [6.07, 6.45) is 6.81. The highest BCUT2D eigenvalue weighted by Crippen LogP contribution is 2.69. The molecule has 3 heteroatoms. The maximum Gasteiger partial charge on any atom is 0.277 e. The molecular weight excluding hydrogens is 382 g/mol. The number of hydrogen-bond donors (Lipinski definition) is 0. The Hall–Kier alpha value is -2.94. The van der Waals surface area contributed by atoms with E-state index in [9.17, 15) is 10.1 Å². The molecule has 154 valence electrons. The van der Waals surface area contributed by atoms with Crippen molar-refractivity contribution in [1.82, 2.24) is 0 Å². The minimum absolute atomic E-state index is 0.0961. The molecule has 4 bridgehead atoms. The van der Waals surface area contributed by atoms with Crippen LogP contribution in [0.3, 0.4) is 0 Å². The van der Waals surface area contributed by atoms with E-state index in [0.29, 0.717) is 11.8 Å². The van der Waals surface area contributed by atoms with E-state index >= 15 is 0 Å². The lowest BCUT2D eigenvalue weighted by Gasteiger charge is -2.61. The third-order valence-electron chi connectivity index (χ3n) is 8.97. The Labute approximate surface area is 182 Å². The lowest BCUT2D eigenvalue weighted by molar-refractivity contribution is -0.384. The fourth-order valence-electron chi connectivity index (χ4n) is 8.20. The van der Waals surface area contributed by atoms with Gasteiger partial charge in [-0.2, -0.15) is 0 Å². The van der Waals surface area contributed by atoms with Gasteiger partial charge in [-0.15, -0.1) is 0 Å². The average molecular weight is 408 g/mol. The number of rotatable bonds is 2. The molecule has 3 nitrogen and oxygen atoms in total. The van der Waals surface area contributed by atoms with E-state index in [4.69, 9.17) is 0 Å². The summed E-state index contributed by atoms with van der Waals surface area (Å²) in [7, 11) is 0. The summed E-state index contributed by atoms with van der Waals surface area (Å²) in [6.45, 7) is 0. The quantitative estimate of drug-likeness (QED) is 0.339. The first kappa shape index (κ1) is 17.7. The van der Waals surface area contributed by atoms with Crippen LogP contribution in [0.25, 0.3) is 22.3 Å². The maximum atomic E-state index is 11.7. The molecule has 1 spiro atoms. The Balaban J connectivity index is 1.49. The van der Waals surface area contributed by atoms with E-state index in [1.54, 1.807) is 12.1 Å². The second kappa shape index (κ2) is 6.06. The summed E-state index contributed by atoms with van der Waals surface area (Å²) in [5.74, 6) is 3.21. The van der Waals surface area contributed by atoms with Gasteiger partial charge >= 0.3 is 0 Å². The van der Waals surface area contributed by atoms with E-state index in [1.165, 1.54) is 54.4 Å². The van der Waals surface area contributed by atoms with Crippen LogP contribution in [0.2, 0.25) is 0 Å². The van der Waals surface area contributed by atoms with Crippen molar-refractivity contribution in [2.45, 2.75) is 37.5 Å². The molecule has 0 aliphatic heterocycles. The highest BCUT2D eigenvalue weighted by atomic mass is 16.6. The fourth-order valence-corrected chi connectivity index (χ4v) is 8.20. The van der Waals surface area contributed by atoms with E-state index in [0.717, 1.165) is 23.0 Å². The van der Waals surface area contributed by atoms with Crippen molar-refractivity contribution >= 4 is 5.69 Å². The number of nitro benzene ring substituents is 1. The van der Waals surface area contributed by atoms with Gasteiger partial charge in [0.2, 0.25) is 0 Å².